The van der Waals surface area contributed by atoms with Gasteiger partial charge in [0.1, 0.15) is 6.10 Å². The van der Waals surface area contributed by atoms with Gasteiger partial charge in [0.2, 0.25) is 0 Å². The van der Waals surface area contributed by atoms with E-state index in [4.69, 9.17) is 10.5 Å². The lowest BCUT2D eigenvalue weighted by molar-refractivity contribution is 0.00966. The molecule has 1 aliphatic carbocycles. The third-order valence-corrected chi connectivity index (χ3v) is 3.22. The zero-order chi connectivity index (χ0) is 10.7. The summed E-state index contributed by atoms with van der Waals surface area (Å²) in [6.07, 6.45) is 2.36. The molecule has 1 fully saturated rings. The molecular weight excluding hydrogens is 178 g/mol. The van der Waals surface area contributed by atoms with Gasteiger partial charge in [-0.25, -0.2) is 10.5 Å². The third kappa shape index (κ3) is 2.89. The first-order valence-corrected chi connectivity index (χ1v) is 5.43. The van der Waals surface area contributed by atoms with E-state index in [0.717, 1.165) is 12.8 Å². The number of nitrogens with one attached hydrogen (secondary N) is 1. The van der Waals surface area contributed by atoms with Crippen LogP contribution >= 0.6 is 0 Å². The minimum atomic E-state index is -0.880. The monoisotopic (exact) mass is 198 g/mol. The second-order valence-corrected chi connectivity index (χ2v) is 4.77. The Labute approximate surface area is 86.0 Å². The molecular formula is C11H20NO2. The van der Waals surface area contributed by atoms with Crippen molar-refractivity contribution in [2.45, 2.75) is 46.1 Å². The largest absolute Gasteiger partial charge is 0.445 e. The molecule has 3 nitrogen and oxygen atoms in total. The SMILES string of the molecule is CC1CCC(C(C)C)C(OC([NH])=O)C1. The number of carbonyl (C=O) groups is 1. The van der Waals surface area contributed by atoms with Gasteiger partial charge >= 0.3 is 6.09 Å². The lowest BCUT2D eigenvalue weighted by Gasteiger charge is -2.36. The van der Waals surface area contributed by atoms with Crippen LogP contribution < -0.4 is 5.73 Å². The van der Waals surface area contributed by atoms with Crippen molar-refractivity contribution in [3.8, 4) is 0 Å². The van der Waals surface area contributed by atoms with Crippen molar-refractivity contribution in [2.75, 3.05) is 0 Å². The van der Waals surface area contributed by atoms with E-state index in [0.29, 0.717) is 17.8 Å². The average Bonchev–Trinajstić information content (AvgIpc) is 2.01. The summed E-state index contributed by atoms with van der Waals surface area (Å²) in [5.41, 5.74) is 6.85. The smallest absolute Gasteiger partial charge is 0.426 e. The zero-order valence-corrected chi connectivity index (χ0v) is 9.25. The summed E-state index contributed by atoms with van der Waals surface area (Å²) in [5, 5.41) is 0. The summed E-state index contributed by atoms with van der Waals surface area (Å²) in [6, 6.07) is 0. The Hall–Kier alpha value is -0.730. The summed E-state index contributed by atoms with van der Waals surface area (Å²) in [7, 11) is 0. The molecule has 1 saturated carbocycles. The molecule has 0 heterocycles. The molecule has 1 amide bonds. The van der Waals surface area contributed by atoms with Crippen LogP contribution in [0.5, 0.6) is 0 Å². The van der Waals surface area contributed by atoms with Crippen molar-refractivity contribution in [2.24, 2.45) is 17.8 Å². The van der Waals surface area contributed by atoms with Crippen LogP contribution in [0.15, 0.2) is 0 Å². The molecule has 1 rings (SSSR count). The lowest BCUT2D eigenvalue weighted by Crippen LogP contribution is -2.35. The lowest BCUT2D eigenvalue weighted by atomic mass is 9.75. The van der Waals surface area contributed by atoms with Gasteiger partial charge in [-0.1, -0.05) is 27.2 Å². The number of rotatable bonds is 2. The average molecular weight is 198 g/mol. The Balaban J connectivity index is 2.58. The van der Waals surface area contributed by atoms with Gasteiger partial charge in [-0.05, 0) is 30.6 Å². The van der Waals surface area contributed by atoms with E-state index in [2.05, 4.69) is 20.8 Å². The van der Waals surface area contributed by atoms with Crippen molar-refractivity contribution >= 4 is 6.09 Å². The molecule has 1 aliphatic rings. The predicted octanol–water partition coefficient (Wildman–Crippen LogP) is 2.87. The van der Waals surface area contributed by atoms with Crippen molar-refractivity contribution in [3.05, 3.63) is 0 Å². The number of amides is 1. The topological polar surface area (TPSA) is 50.1 Å². The number of hydrogen-bond donors (Lipinski definition) is 0. The Morgan fingerprint density at radius 2 is 2.07 bits per heavy atom. The van der Waals surface area contributed by atoms with Gasteiger partial charge in [0.15, 0.2) is 0 Å². The van der Waals surface area contributed by atoms with Crippen molar-refractivity contribution in [1.29, 1.82) is 0 Å². The van der Waals surface area contributed by atoms with E-state index in [-0.39, 0.29) is 6.10 Å². The van der Waals surface area contributed by atoms with E-state index in [9.17, 15) is 4.79 Å². The first kappa shape index (κ1) is 11.3. The second-order valence-electron chi connectivity index (χ2n) is 4.77. The highest BCUT2D eigenvalue weighted by molar-refractivity contribution is 5.63. The molecule has 81 valence electrons. The Kier molecular flexibility index (Phi) is 3.78. The molecule has 14 heavy (non-hydrogen) atoms. The van der Waals surface area contributed by atoms with Crippen LogP contribution in [-0.2, 0) is 4.74 Å². The molecule has 0 bridgehead atoms. The maximum atomic E-state index is 10.6. The Morgan fingerprint density at radius 1 is 1.43 bits per heavy atom. The molecule has 0 aromatic heterocycles. The summed E-state index contributed by atoms with van der Waals surface area (Å²) in [5.74, 6) is 1.60. The van der Waals surface area contributed by atoms with E-state index in [1.165, 1.54) is 6.42 Å². The molecule has 0 spiro atoms. The fourth-order valence-corrected chi connectivity index (χ4v) is 2.39. The molecule has 1 N–H and O–H groups in total. The maximum absolute atomic E-state index is 10.6. The van der Waals surface area contributed by atoms with E-state index < -0.39 is 6.09 Å². The van der Waals surface area contributed by atoms with Crippen molar-refractivity contribution < 1.29 is 9.53 Å². The molecule has 3 unspecified atom stereocenters. The minimum absolute atomic E-state index is 0.0243. The molecule has 0 aromatic carbocycles. The molecule has 3 heteroatoms. The minimum Gasteiger partial charge on any atom is -0.445 e. The van der Waals surface area contributed by atoms with Crippen molar-refractivity contribution in [1.82, 2.24) is 5.73 Å². The van der Waals surface area contributed by atoms with Gasteiger partial charge in [-0.3, -0.25) is 0 Å². The summed E-state index contributed by atoms with van der Waals surface area (Å²) in [6.45, 7) is 6.50. The van der Waals surface area contributed by atoms with Crippen LogP contribution in [0.3, 0.4) is 0 Å². The predicted molar refractivity (Wildman–Crippen MR) is 54.7 cm³/mol. The van der Waals surface area contributed by atoms with Crippen LogP contribution in [0.2, 0.25) is 0 Å². The van der Waals surface area contributed by atoms with E-state index in [1.54, 1.807) is 0 Å². The van der Waals surface area contributed by atoms with Gasteiger partial charge in [0.05, 0.1) is 0 Å². The molecule has 0 aromatic rings. The maximum Gasteiger partial charge on any atom is 0.426 e. The number of hydrogen-bond acceptors (Lipinski definition) is 2. The van der Waals surface area contributed by atoms with Gasteiger partial charge in [0, 0.05) is 0 Å². The van der Waals surface area contributed by atoms with Gasteiger partial charge in [-0.2, -0.15) is 0 Å². The van der Waals surface area contributed by atoms with Gasteiger partial charge < -0.3 is 4.74 Å². The number of ether oxygens (including phenoxy) is 1. The molecule has 3 atom stereocenters. The highest BCUT2D eigenvalue weighted by Gasteiger charge is 2.32. The van der Waals surface area contributed by atoms with Crippen molar-refractivity contribution in [3.63, 3.8) is 0 Å². The Morgan fingerprint density at radius 3 is 2.57 bits per heavy atom. The standard InChI is InChI=1S/C11H20NO2/c1-7(2)9-5-4-8(3)6-10(9)14-11(12)13/h7-10,12H,4-6H2,1-3H3. The normalized spacial score (nSPS) is 33.0. The quantitative estimate of drug-likeness (QED) is 0.685. The van der Waals surface area contributed by atoms with E-state index >= 15 is 0 Å². The zero-order valence-electron chi connectivity index (χ0n) is 9.25. The first-order chi connectivity index (χ1) is 6.50. The number of carbonyl (C=O) groups excluding carboxylic acids is 1. The Bertz CT molecular complexity index is 203. The van der Waals surface area contributed by atoms with Crippen LogP contribution in [0.1, 0.15) is 40.0 Å². The van der Waals surface area contributed by atoms with Crippen LogP contribution in [0.25, 0.3) is 0 Å². The highest BCUT2D eigenvalue weighted by atomic mass is 16.6. The first-order valence-electron chi connectivity index (χ1n) is 5.43. The van der Waals surface area contributed by atoms with E-state index in [1.807, 2.05) is 0 Å². The summed E-state index contributed by atoms with van der Waals surface area (Å²) < 4.78 is 5.06. The second kappa shape index (κ2) is 4.67. The van der Waals surface area contributed by atoms with Gasteiger partial charge in [0.25, 0.3) is 0 Å². The molecule has 1 radical (unpaired) electrons. The van der Waals surface area contributed by atoms with Crippen LogP contribution in [0.4, 0.5) is 4.79 Å². The van der Waals surface area contributed by atoms with Crippen LogP contribution in [-0.4, -0.2) is 12.2 Å². The fourth-order valence-electron chi connectivity index (χ4n) is 2.39. The molecule has 0 aliphatic heterocycles. The third-order valence-electron chi connectivity index (χ3n) is 3.22. The summed E-state index contributed by atoms with van der Waals surface area (Å²) >= 11 is 0. The summed E-state index contributed by atoms with van der Waals surface area (Å²) in [4.78, 5) is 10.6. The molecule has 0 saturated heterocycles. The fraction of sp³-hybridized carbons (Fsp3) is 0.909. The van der Waals surface area contributed by atoms with Crippen LogP contribution in [0, 0.1) is 17.8 Å². The highest BCUT2D eigenvalue weighted by Crippen LogP contribution is 2.35. The van der Waals surface area contributed by atoms with Gasteiger partial charge in [-0.15, -0.1) is 0 Å².